The first kappa shape index (κ1) is 9.58. The summed E-state index contributed by atoms with van der Waals surface area (Å²) in [6.45, 7) is 2.91. The van der Waals surface area contributed by atoms with Crippen molar-refractivity contribution in [2.75, 3.05) is 6.54 Å². The van der Waals surface area contributed by atoms with Crippen LogP contribution in [0.4, 0.5) is 0 Å². The van der Waals surface area contributed by atoms with E-state index in [4.69, 9.17) is 5.84 Å². The largest absolute Gasteiger partial charge is 0.259 e. The lowest BCUT2D eigenvalue weighted by molar-refractivity contribution is 0.527. The third-order valence-corrected chi connectivity index (χ3v) is 2.60. The monoisotopic (exact) mass is 182 g/mol. The Morgan fingerprint density at radius 2 is 2.00 bits per heavy atom. The van der Waals surface area contributed by atoms with E-state index in [1.165, 1.54) is 5.56 Å². The number of benzene rings is 1. The fraction of sp³-hybridized carbons (Fsp3) is 0.333. The van der Waals surface area contributed by atoms with Crippen LogP contribution >= 0.6 is 11.9 Å². The minimum Gasteiger partial charge on any atom is -0.259 e. The second-order valence-electron chi connectivity index (χ2n) is 2.49. The molecule has 1 rings (SSSR count). The minimum atomic E-state index is 0.873. The molecule has 0 aliphatic rings. The van der Waals surface area contributed by atoms with Crippen molar-refractivity contribution in [3.63, 3.8) is 0 Å². The molecule has 2 N–H and O–H groups in total. The van der Waals surface area contributed by atoms with Crippen molar-refractivity contribution in [1.29, 1.82) is 0 Å². The van der Waals surface area contributed by atoms with Crippen LogP contribution in [0.15, 0.2) is 30.3 Å². The van der Waals surface area contributed by atoms with E-state index in [1.807, 2.05) is 25.1 Å². The lowest BCUT2D eigenvalue weighted by Crippen LogP contribution is -2.22. The van der Waals surface area contributed by atoms with E-state index in [9.17, 15) is 0 Å². The quantitative estimate of drug-likeness (QED) is 0.439. The third kappa shape index (κ3) is 3.26. The van der Waals surface area contributed by atoms with Crippen molar-refractivity contribution in [1.82, 2.24) is 4.41 Å². The highest BCUT2D eigenvalue weighted by atomic mass is 32.2. The average molecular weight is 182 g/mol. The maximum atomic E-state index is 5.62. The van der Waals surface area contributed by atoms with Crippen LogP contribution in [0.25, 0.3) is 0 Å². The zero-order valence-electron chi connectivity index (χ0n) is 7.23. The molecular weight excluding hydrogens is 168 g/mol. The van der Waals surface area contributed by atoms with E-state index in [0.29, 0.717) is 0 Å². The first-order valence-corrected chi connectivity index (χ1v) is 4.96. The van der Waals surface area contributed by atoms with Crippen LogP contribution in [0.2, 0.25) is 0 Å². The molecule has 0 amide bonds. The maximum absolute atomic E-state index is 5.62. The standard InChI is InChI=1S/C9H14N2S/c1-2-11(10)12-8-9-6-4-3-5-7-9/h3-7H,2,8,10H2,1H3. The molecule has 66 valence electrons. The normalized spacial score (nSPS) is 10.6. The SMILES string of the molecule is CCN(N)SCc1ccccc1. The lowest BCUT2D eigenvalue weighted by Gasteiger charge is -2.11. The average Bonchev–Trinajstić information content (AvgIpc) is 2.16. The Morgan fingerprint density at radius 1 is 1.33 bits per heavy atom. The lowest BCUT2D eigenvalue weighted by atomic mass is 10.2. The van der Waals surface area contributed by atoms with Crippen molar-refractivity contribution in [2.24, 2.45) is 5.84 Å². The molecule has 0 heterocycles. The van der Waals surface area contributed by atoms with Gasteiger partial charge in [0.2, 0.25) is 0 Å². The Kier molecular flexibility index (Phi) is 4.14. The zero-order chi connectivity index (χ0) is 8.81. The highest BCUT2D eigenvalue weighted by Crippen LogP contribution is 2.12. The molecule has 0 aliphatic heterocycles. The fourth-order valence-electron chi connectivity index (χ4n) is 0.823. The number of rotatable bonds is 4. The van der Waals surface area contributed by atoms with Crippen LogP contribution < -0.4 is 5.84 Å². The van der Waals surface area contributed by atoms with Gasteiger partial charge in [-0.2, -0.15) is 4.41 Å². The van der Waals surface area contributed by atoms with Crippen LogP contribution in [0.5, 0.6) is 0 Å². The molecule has 0 unspecified atom stereocenters. The smallest absolute Gasteiger partial charge is 0.0345 e. The molecule has 0 spiro atoms. The van der Waals surface area contributed by atoms with Crippen LogP contribution in [0, 0.1) is 0 Å². The fourth-order valence-corrected chi connectivity index (χ4v) is 1.51. The maximum Gasteiger partial charge on any atom is 0.0345 e. The Hall–Kier alpha value is -0.510. The van der Waals surface area contributed by atoms with Crippen molar-refractivity contribution < 1.29 is 0 Å². The van der Waals surface area contributed by atoms with Crippen molar-refractivity contribution in [3.8, 4) is 0 Å². The number of nitrogens with zero attached hydrogens (tertiary/aromatic N) is 1. The number of hydrazine groups is 1. The minimum absolute atomic E-state index is 0.873. The molecule has 0 saturated carbocycles. The van der Waals surface area contributed by atoms with Gasteiger partial charge in [-0.25, -0.2) is 0 Å². The van der Waals surface area contributed by atoms with Crippen molar-refractivity contribution in [2.45, 2.75) is 12.7 Å². The highest BCUT2D eigenvalue weighted by molar-refractivity contribution is 7.96. The van der Waals surface area contributed by atoms with E-state index in [1.54, 1.807) is 16.4 Å². The molecule has 0 aromatic heterocycles. The van der Waals surface area contributed by atoms with Gasteiger partial charge in [0.25, 0.3) is 0 Å². The van der Waals surface area contributed by atoms with Crippen LogP contribution in [0.1, 0.15) is 12.5 Å². The van der Waals surface area contributed by atoms with E-state index in [2.05, 4.69) is 12.1 Å². The molecule has 12 heavy (non-hydrogen) atoms. The number of hydrogen-bond acceptors (Lipinski definition) is 3. The number of nitrogens with two attached hydrogens (primary N) is 1. The summed E-state index contributed by atoms with van der Waals surface area (Å²) in [4.78, 5) is 0. The summed E-state index contributed by atoms with van der Waals surface area (Å²) in [5.41, 5.74) is 1.31. The Balaban J connectivity index is 2.33. The summed E-state index contributed by atoms with van der Waals surface area (Å²) in [7, 11) is 0. The predicted molar refractivity (Wildman–Crippen MR) is 54.3 cm³/mol. The molecule has 3 heteroatoms. The van der Waals surface area contributed by atoms with E-state index >= 15 is 0 Å². The molecule has 0 aliphatic carbocycles. The molecule has 2 nitrogen and oxygen atoms in total. The van der Waals surface area contributed by atoms with Gasteiger partial charge in [0.1, 0.15) is 0 Å². The van der Waals surface area contributed by atoms with Crippen LogP contribution in [-0.2, 0) is 5.75 Å². The molecule has 1 aromatic rings. The first-order valence-electron chi connectivity index (χ1n) is 4.02. The summed E-state index contributed by atoms with van der Waals surface area (Å²) >= 11 is 1.64. The van der Waals surface area contributed by atoms with Gasteiger partial charge < -0.3 is 0 Å². The van der Waals surface area contributed by atoms with E-state index in [-0.39, 0.29) is 0 Å². The molecule has 0 atom stereocenters. The van der Waals surface area contributed by atoms with Gasteiger partial charge >= 0.3 is 0 Å². The van der Waals surface area contributed by atoms with Crippen LogP contribution in [-0.4, -0.2) is 11.0 Å². The summed E-state index contributed by atoms with van der Waals surface area (Å²) < 4.78 is 1.74. The number of hydrogen-bond donors (Lipinski definition) is 1. The van der Waals surface area contributed by atoms with Gasteiger partial charge in [0, 0.05) is 12.3 Å². The zero-order valence-corrected chi connectivity index (χ0v) is 8.05. The van der Waals surface area contributed by atoms with Crippen molar-refractivity contribution in [3.05, 3.63) is 35.9 Å². The van der Waals surface area contributed by atoms with E-state index < -0.39 is 0 Å². The second kappa shape index (κ2) is 5.19. The Bertz CT molecular complexity index is 213. The summed E-state index contributed by atoms with van der Waals surface area (Å²) in [5.74, 6) is 6.57. The topological polar surface area (TPSA) is 29.3 Å². The summed E-state index contributed by atoms with van der Waals surface area (Å²) in [6.07, 6.45) is 0. The van der Waals surface area contributed by atoms with Gasteiger partial charge in [-0.05, 0) is 5.56 Å². The molecule has 0 radical (unpaired) electrons. The second-order valence-corrected chi connectivity index (χ2v) is 3.51. The third-order valence-electron chi connectivity index (χ3n) is 1.55. The molecular formula is C9H14N2S. The molecule has 0 fully saturated rings. The molecule has 0 bridgehead atoms. The van der Waals surface area contributed by atoms with Crippen LogP contribution in [0.3, 0.4) is 0 Å². The predicted octanol–water partition coefficient (Wildman–Crippen LogP) is 2.03. The highest BCUT2D eigenvalue weighted by Gasteiger charge is 1.96. The van der Waals surface area contributed by atoms with Gasteiger partial charge in [0.15, 0.2) is 0 Å². The first-order chi connectivity index (χ1) is 5.83. The molecule has 0 saturated heterocycles. The molecule has 1 aromatic carbocycles. The van der Waals surface area contributed by atoms with Crippen molar-refractivity contribution >= 4 is 11.9 Å². The summed E-state index contributed by atoms with van der Waals surface area (Å²) in [6, 6.07) is 10.3. The summed E-state index contributed by atoms with van der Waals surface area (Å²) in [5, 5.41) is 0. The Labute approximate surface area is 77.9 Å². The van der Waals surface area contributed by atoms with Gasteiger partial charge in [-0.1, -0.05) is 49.2 Å². The van der Waals surface area contributed by atoms with Gasteiger partial charge in [-0.15, -0.1) is 0 Å². The van der Waals surface area contributed by atoms with Gasteiger partial charge in [-0.3, -0.25) is 5.84 Å². The van der Waals surface area contributed by atoms with E-state index in [0.717, 1.165) is 12.3 Å². The van der Waals surface area contributed by atoms with Gasteiger partial charge in [0.05, 0.1) is 0 Å². The Morgan fingerprint density at radius 3 is 2.58 bits per heavy atom.